The number of ether oxygens (including phenoxy) is 2. The summed E-state index contributed by atoms with van der Waals surface area (Å²) in [5.74, 6) is 0. The predicted octanol–water partition coefficient (Wildman–Crippen LogP) is 3.98. The van der Waals surface area contributed by atoms with Crippen LogP contribution < -0.4 is 10.6 Å². The lowest BCUT2D eigenvalue weighted by molar-refractivity contribution is -0.252. The predicted molar refractivity (Wildman–Crippen MR) is 125 cm³/mol. The molecule has 1 fully saturated rings. The third kappa shape index (κ3) is 6.64. The first-order valence-electron chi connectivity index (χ1n) is 11.0. The van der Waals surface area contributed by atoms with Crippen LogP contribution in [0.2, 0.25) is 0 Å². The summed E-state index contributed by atoms with van der Waals surface area (Å²) in [5.41, 5.74) is 3.52. The maximum atomic E-state index is 11.7. The van der Waals surface area contributed by atoms with Crippen molar-refractivity contribution in [2.45, 2.75) is 38.4 Å². The first-order valence-corrected chi connectivity index (χ1v) is 11.0. The molecule has 1 saturated heterocycles. The van der Waals surface area contributed by atoms with Crippen LogP contribution >= 0.6 is 0 Å². The summed E-state index contributed by atoms with van der Waals surface area (Å²) < 4.78 is 12.6. The number of anilines is 1. The summed E-state index contributed by atoms with van der Waals surface area (Å²) in [5, 5.41) is 14.8. The number of rotatable bonds is 9. The van der Waals surface area contributed by atoms with Crippen molar-refractivity contribution >= 4 is 11.7 Å². The van der Waals surface area contributed by atoms with Gasteiger partial charge >= 0.3 is 6.03 Å². The Labute approximate surface area is 190 Å². The van der Waals surface area contributed by atoms with Crippen molar-refractivity contribution in [3.63, 3.8) is 0 Å². The Kier molecular flexibility index (Phi) is 8.81. The van der Waals surface area contributed by atoms with Gasteiger partial charge in [0.05, 0.1) is 18.8 Å². The number of hydrogen-bond acceptors (Lipinski definition) is 5. The molecule has 0 unspecified atom stereocenters. The fraction of sp³-hybridized carbons (Fsp3) is 0.400. The van der Waals surface area contributed by atoms with Crippen LogP contribution in [0.15, 0.2) is 61.2 Å². The zero-order valence-corrected chi connectivity index (χ0v) is 18.8. The summed E-state index contributed by atoms with van der Waals surface area (Å²) in [7, 11) is 2.04. The lowest BCUT2D eigenvalue weighted by Crippen LogP contribution is -2.37. The van der Waals surface area contributed by atoms with Crippen molar-refractivity contribution in [2.24, 2.45) is 0 Å². The second-order valence-corrected chi connectivity index (χ2v) is 7.97. The van der Waals surface area contributed by atoms with Crippen LogP contribution in [-0.2, 0) is 16.1 Å². The van der Waals surface area contributed by atoms with Crippen LogP contribution in [0.3, 0.4) is 0 Å². The minimum absolute atomic E-state index is 0.0170. The van der Waals surface area contributed by atoms with Crippen LogP contribution in [0, 0.1) is 0 Å². The van der Waals surface area contributed by atoms with Crippen molar-refractivity contribution < 1.29 is 19.4 Å². The summed E-state index contributed by atoms with van der Waals surface area (Å²) in [6.07, 6.45) is 1.94. The molecule has 1 heterocycles. The van der Waals surface area contributed by atoms with Crippen molar-refractivity contribution in [3.8, 4) is 0 Å². The third-order valence-electron chi connectivity index (χ3n) is 5.35. The van der Waals surface area contributed by atoms with E-state index in [9.17, 15) is 9.90 Å². The quantitative estimate of drug-likeness (QED) is 0.515. The molecule has 7 nitrogen and oxygen atoms in total. The molecule has 2 amide bonds. The van der Waals surface area contributed by atoms with Gasteiger partial charge in [-0.3, -0.25) is 0 Å². The van der Waals surface area contributed by atoms with Gasteiger partial charge in [0.15, 0.2) is 6.29 Å². The van der Waals surface area contributed by atoms with Crippen LogP contribution in [0.5, 0.6) is 0 Å². The zero-order valence-electron chi connectivity index (χ0n) is 18.8. The first-order chi connectivity index (χ1) is 15.5. The number of likely N-dealkylation sites (N-methyl/N-ethyl adjacent to an activating group) is 1. The Morgan fingerprint density at radius 1 is 1.16 bits per heavy atom. The fourth-order valence-electron chi connectivity index (χ4n) is 3.73. The van der Waals surface area contributed by atoms with Gasteiger partial charge < -0.3 is 30.1 Å². The van der Waals surface area contributed by atoms with Gasteiger partial charge in [-0.15, -0.1) is 6.58 Å². The van der Waals surface area contributed by atoms with Gasteiger partial charge in [-0.1, -0.05) is 42.5 Å². The fourth-order valence-corrected chi connectivity index (χ4v) is 3.73. The summed E-state index contributed by atoms with van der Waals surface area (Å²) in [6.45, 7) is 7.81. The van der Waals surface area contributed by atoms with Crippen molar-refractivity contribution in [2.75, 3.05) is 32.0 Å². The van der Waals surface area contributed by atoms with Crippen molar-refractivity contribution in [3.05, 3.63) is 77.9 Å². The molecule has 0 aromatic heterocycles. The highest BCUT2D eigenvalue weighted by Gasteiger charge is 2.32. The molecule has 2 aromatic carbocycles. The highest BCUT2D eigenvalue weighted by atomic mass is 16.7. The zero-order chi connectivity index (χ0) is 22.9. The van der Waals surface area contributed by atoms with Crippen LogP contribution in [-0.4, -0.2) is 48.8 Å². The van der Waals surface area contributed by atoms with E-state index < -0.39 is 6.29 Å². The van der Waals surface area contributed by atoms with E-state index in [2.05, 4.69) is 22.1 Å². The summed E-state index contributed by atoms with van der Waals surface area (Å²) in [6, 6.07) is 15.1. The van der Waals surface area contributed by atoms with Gasteiger partial charge in [0.2, 0.25) is 0 Å². The number of carbonyl (C=O) groups excluding carboxylic acids is 1. The minimum atomic E-state index is -0.521. The number of nitrogens with one attached hydrogen (secondary N) is 2. The van der Waals surface area contributed by atoms with E-state index in [1.54, 1.807) is 0 Å². The lowest BCUT2D eigenvalue weighted by atomic mass is 9.99. The smallest absolute Gasteiger partial charge is 0.319 e. The SMILES string of the molecule is C=CCN(C)C[C@H]1C[C@@H](c2ccc(CO)cc2)O[C@@H](c2ccc(NC(=O)NCC)cc2)O1. The van der Waals surface area contributed by atoms with E-state index in [4.69, 9.17) is 9.47 Å². The third-order valence-corrected chi connectivity index (χ3v) is 5.35. The molecule has 172 valence electrons. The van der Waals surface area contributed by atoms with E-state index in [1.165, 1.54) is 0 Å². The Hall–Kier alpha value is -2.71. The van der Waals surface area contributed by atoms with Crippen LogP contribution in [0.25, 0.3) is 0 Å². The molecule has 0 radical (unpaired) electrons. The number of urea groups is 1. The van der Waals surface area contributed by atoms with Gasteiger partial charge in [0.25, 0.3) is 0 Å². The molecule has 0 aliphatic carbocycles. The number of hydrogen-bond donors (Lipinski definition) is 3. The molecule has 0 saturated carbocycles. The number of nitrogens with zero attached hydrogens (tertiary/aromatic N) is 1. The van der Waals surface area contributed by atoms with Gasteiger partial charge in [-0.25, -0.2) is 4.79 Å². The van der Waals surface area contributed by atoms with E-state index in [-0.39, 0.29) is 24.8 Å². The van der Waals surface area contributed by atoms with Gasteiger partial charge in [-0.2, -0.15) is 0 Å². The molecule has 3 atom stereocenters. The van der Waals surface area contributed by atoms with Crippen molar-refractivity contribution in [1.82, 2.24) is 10.2 Å². The maximum absolute atomic E-state index is 11.7. The molecule has 3 rings (SSSR count). The number of benzene rings is 2. The second kappa shape index (κ2) is 11.8. The molecule has 32 heavy (non-hydrogen) atoms. The van der Waals surface area contributed by atoms with Crippen LogP contribution in [0.4, 0.5) is 10.5 Å². The Morgan fingerprint density at radius 3 is 2.47 bits per heavy atom. The topological polar surface area (TPSA) is 83.1 Å². The highest BCUT2D eigenvalue weighted by molar-refractivity contribution is 5.89. The average Bonchev–Trinajstić information content (AvgIpc) is 2.79. The number of aliphatic hydroxyl groups is 1. The minimum Gasteiger partial charge on any atom is -0.392 e. The van der Waals surface area contributed by atoms with Gasteiger partial charge in [0, 0.05) is 37.3 Å². The van der Waals surface area contributed by atoms with Crippen LogP contribution in [0.1, 0.15) is 42.4 Å². The molecule has 0 bridgehead atoms. The van der Waals surface area contributed by atoms with Crippen molar-refractivity contribution in [1.29, 1.82) is 0 Å². The number of amides is 2. The summed E-state index contributed by atoms with van der Waals surface area (Å²) in [4.78, 5) is 13.9. The van der Waals surface area contributed by atoms with Gasteiger partial charge in [-0.05, 0) is 37.2 Å². The molecule has 1 aliphatic heterocycles. The lowest BCUT2D eigenvalue weighted by Gasteiger charge is -2.37. The molecule has 7 heteroatoms. The Bertz CT molecular complexity index is 870. The monoisotopic (exact) mass is 439 g/mol. The van der Waals surface area contributed by atoms with E-state index in [1.807, 2.05) is 68.6 Å². The molecule has 0 spiro atoms. The highest BCUT2D eigenvalue weighted by Crippen LogP contribution is 2.38. The van der Waals surface area contributed by atoms with Gasteiger partial charge in [0.1, 0.15) is 0 Å². The number of carbonyl (C=O) groups is 1. The average molecular weight is 440 g/mol. The number of aliphatic hydroxyl groups excluding tert-OH is 1. The molecule has 3 N–H and O–H groups in total. The Morgan fingerprint density at radius 2 is 1.84 bits per heavy atom. The largest absolute Gasteiger partial charge is 0.392 e. The summed E-state index contributed by atoms with van der Waals surface area (Å²) >= 11 is 0. The second-order valence-electron chi connectivity index (χ2n) is 7.97. The molecular formula is C25H33N3O4. The standard InChI is InChI=1S/C25H33N3O4/c1-4-14-28(3)16-22-15-23(19-8-6-18(17-29)7-9-19)32-24(31-22)20-10-12-21(13-11-20)27-25(30)26-5-2/h4,6-13,22-24,29H,1,5,14-17H2,2-3H3,(H2,26,27,30)/t22-,23+,24+/m1/s1. The van der Waals surface area contributed by atoms with E-state index in [0.717, 1.165) is 36.2 Å². The molecule has 1 aliphatic rings. The first kappa shape index (κ1) is 23.9. The van der Waals surface area contributed by atoms with E-state index >= 15 is 0 Å². The maximum Gasteiger partial charge on any atom is 0.319 e. The molecule has 2 aromatic rings. The Balaban J connectivity index is 1.76. The normalized spacial score (nSPS) is 20.7. The van der Waals surface area contributed by atoms with E-state index in [0.29, 0.717) is 12.2 Å². The molecular weight excluding hydrogens is 406 g/mol.